The molecule has 3 unspecified atom stereocenters. The molecule has 0 aliphatic carbocycles. The van der Waals surface area contributed by atoms with Crippen LogP contribution in [0.5, 0.6) is 0 Å². The van der Waals surface area contributed by atoms with Crippen molar-refractivity contribution in [1.29, 1.82) is 0 Å². The second kappa shape index (κ2) is 9.33. The molecule has 4 rings (SSSR count). The Labute approximate surface area is 194 Å². The van der Waals surface area contributed by atoms with Gasteiger partial charge < -0.3 is 20.1 Å². The van der Waals surface area contributed by atoms with Crippen molar-refractivity contribution >= 4 is 63.6 Å². The first kappa shape index (κ1) is 22.3. The predicted octanol–water partition coefficient (Wildman–Crippen LogP) is 1.72. The third-order valence-electron chi connectivity index (χ3n) is 4.56. The van der Waals surface area contributed by atoms with Gasteiger partial charge in [0, 0.05) is 11.1 Å². The molecule has 2 aliphatic heterocycles. The van der Waals surface area contributed by atoms with Crippen molar-refractivity contribution in [3.8, 4) is 0 Å². The Balaban J connectivity index is 1.58. The topological polar surface area (TPSA) is 123 Å². The second-order valence-electron chi connectivity index (χ2n) is 6.45. The highest BCUT2D eigenvalue weighted by Crippen LogP contribution is 2.40. The van der Waals surface area contributed by atoms with Crippen molar-refractivity contribution in [2.45, 2.75) is 34.7 Å². The minimum atomic E-state index is -1.18. The Hall–Kier alpha value is -0.860. The van der Waals surface area contributed by atoms with Crippen molar-refractivity contribution < 1.29 is 20.1 Å². The fourth-order valence-corrected chi connectivity index (χ4v) is 5.50. The van der Waals surface area contributed by atoms with E-state index in [-0.39, 0.29) is 15.1 Å². The van der Waals surface area contributed by atoms with E-state index in [0.717, 1.165) is 11.8 Å². The van der Waals surface area contributed by atoms with Gasteiger partial charge in [-0.15, -0.1) is 15.7 Å². The number of hydrazine groups is 2. The summed E-state index contributed by atoms with van der Waals surface area (Å²) < 4.78 is 5.74. The van der Waals surface area contributed by atoms with Crippen LogP contribution in [-0.4, -0.2) is 66.9 Å². The molecule has 0 amide bonds. The van der Waals surface area contributed by atoms with Gasteiger partial charge in [0.25, 0.3) is 0 Å². The number of nitrogens with zero attached hydrogens (tertiary/aromatic N) is 3. The van der Waals surface area contributed by atoms with Crippen molar-refractivity contribution in [2.24, 2.45) is 0 Å². The van der Waals surface area contributed by atoms with Gasteiger partial charge in [-0.2, -0.15) is 0 Å². The van der Waals surface area contributed by atoms with Crippen LogP contribution in [0, 0.1) is 0 Å². The number of benzene rings is 1. The van der Waals surface area contributed by atoms with E-state index in [1.54, 1.807) is 23.8 Å². The number of aliphatic hydroxyl groups excluding tert-OH is 3. The number of hydrogen-bond acceptors (Lipinski definition) is 11. The predicted molar refractivity (Wildman–Crippen MR) is 115 cm³/mol. The van der Waals surface area contributed by atoms with Gasteiger partial charge in [0.05, 0.1) is 21.7 Å². The van der Waals surface area contributed by atoms with E-state index in [1.165, 1.54) is 16.3 Å². The molecule has 14 heteroatoms. The van der Waals surface area contributed by atoms with Gasteiger partial charge in [0.2, 0.25) is 0 Å². The minimum absolute atomic E-state index is 0.232. The molecule has 1 aromatic carbocycles. The molecule has 3 heterocycles. The van der Waals surface area contributed by atoms with E-state index in [0.29, 0.717) is 15.6 Å². The Morgan fingerprint density at radius 1 is 1.20 bits per heavy atom. The summed E-state index contributed by atoms with van der Waals surface area (Å²) >= 11 is 20.7. The van der Waals surface area contributed by atoms with Crippen molar-refractivity contribution in [1.82, 2.24) is 26.2 Å². The summed E-state index contributed by atoms with van der Waals surface area (Å²) in [5.41, 5.74) is 7.21. The summed E-state index contributed by atoms with van der Waals surface area (Å²) in [5.74, 6) is 0. The number of ether oxygens (including phenoxy) is 1. The third-order valence-corrected chi connectivity index (χ3v) is 7.61. The van der Waals surface area contributed by atoms with Crippen molar-refractivity contribution in [3.05, 3.63) is 43.9 Å². The maximum absolute atomic E-state index is 11.0. The molecule has 5 N–H and O–H groups in total. The van der Waals surface area contributed by atoms with Gasteiger partial charge in [-0.05, 0) is 12.1 Å². The van der Waals surface area contributed by atoms with Gasteiger partial charge >= 0.3 is 0 Å². The molecule has 2 aliphatic rings. The molecule has 1 aromatic heterocycles. The van der Waals surface area contributed by atoms with Gasteiger partial charge in [-0.1, -0.05) is 57.9 Å². The quantitative estimate of drug-likeness (QED) is 0.378. The highest BCUT2D eigenvalue weighted by atomic mass is 35.5. The second-order valence-corrected chi connectivity index (χ2v) is 9.64. The molecular weight excluding hydrogens is 497 g/mol. The van der Waals surface area contributed by atoms with E-state index in [2.05, 4.69) is 21.2 Å². The number of aromatic nitrogens is 2. The normalized spacial score (nSPS) is 29.1. The molecular formula is C16H16Cl3N5O4S2. The molecule has 0 bridgehead atoms. The average Bonchev–Trinajstić information content (AvgIpc) is 3.40. The number of rotatable bonds is 5. The first-order valence-corrected chi connectivity index (χ1v) is 11.5. The highest BCUT2D eigenvalue weighted by Gasteiger charge is 2.48. The van der Waals surface area contributed by atoms with Crippen LogP contribution in [0.2, 0.25) is 15.1 Å². The van der Waals surface area contributed by atoms with Crippen molar-refractivity contribution in [3.63, 3.8) is 0 Å². The van der Waals surface area contributed by atoms with E-state index in [4.69, 9.17) is 39.5 Å². The van der Waals surface area contributed by atoms with Gasteiger partial charge in [0.15, 0.2) is 5.01 Å². The minimum Gasteiger partial charge on any atom is -0.394 e. The monoisotopic (exact) mass is 511 g/mol. The number of aliphatic hydroxyl groups is 3. The van der Waals surface area contributed by atoms with Crippen LogP contribution in [0.1, 0.15) is 5.01 Å². The van der Waals surface area contributed by atoms with Crippen LogP contribution in [0.4, 0.5) is 0 Å². The molecule has 9 nitrogen and oxygen atoms in total. The number of hydrogen-bond donors (Lipinski definition) is 5. The molecule has 0 radical (unpaired) electrons. The zero-order chi connectivity index (χ0) is 21.4. The standard InChI is InChI=1S/C16H16Cl3N5O4S2/c17-7-1-6(2-8(18)11(7)19)30-16-14(27)12(13(26)10(4-25)28-16)24-3-9(21-23-24)15-22-20-5-29-15/h1-3,5,10,12-14,16,21,23,25-27H,4H2/t10?,12?,13-,14?,16+/m0/s1. The maximum atomic E-state index is 11.0. The first-order chi connectivity index (χ1) is 14.4. The number of nitrogens with one attached hydrogen (secondary N) is 2. The Morgan fingerprint density at radius 3 is 2.57 bits per heavy atom. The van der Waals surface area contributed by atoms with E-state index in [9.17, 15) is 15.3 Å². The Kier molecular flexibility index (Phi) is 6.95. The Bertz CT molecular complexity index is 915. The lowest BCUT2D eigenvalue weighted by atomic mass is 9.97. The lowest BCUT2D eigenvalue weighted by Gasteiger charge is -2.45. The maximum Gasteiger partial charge on any atom is 0.166 e. The molecule has 0 saturated carbocycles. The van der Waals surface area contributed by atoms with Crippen LogP contribution < -0.4 is 11.0 Å². The summed E-state index contributed by atoms with van der Waals surface area (Å²) in [7, 11) is 0. The van der Waals surface area contributed by atoms with Crippen molar-refractivity contribution in [2.75, 3.05) is 6.61 Å². The van der Waals surface area contributed by atoms with Crippen LogP contribution in [-0.2, 0) is 4.74 Å². The lowest BCUT2D eigenvalue weighted by molar-refractivity contribution is -0.189. The summed E-state index contributed by atoms with van der Waals surface area (Å²) in [6.45, 7) is -0.433. The smallest absolute Gasteiger partial charge is 0.166 e. The molecule has 0 spiro atoms. The van der Waals surface area contributed by atoms with E-state index < -0.39 is 36.4 Å². The SMILES string of the molecule is OCC1O[C@H](Sc2cc(Cl)c(Cl)c(Cl)c2)C(O)C(N2C=C(c3nncs3)NN2)[C@H]1O. The van der Waals surface area contributed by atoms with Crippen LogP contribution >= 0.6 is 57.9 Å². The van der Waals surface area contributed by atoms with E-state index in [1.807, 2.05) is 0 Å². The molecule has 162 valence electrons. The first-order valence-electron chi connectivity index (χ1n) is 8.61. The molecule has 30 heavy (non-hydrogen) atoms. The highest BCUT2D eigenvalue weighted by molar-refractivity contribution is 7.99. The van der Waals surface area contributed by atoms with Crippen LogP contribution in [0.25, 0.3) is 5.70 Å². The zero-order valence-corrected chi connectivity index (χ0v) is 18.8. The number of thioether (sulfide) groups is 1. The van der Waals surface area contributed by atoms with Gasteiger partial charge in [-0.3, -0.25) is 10.4 Å². The van der Waals surface area contributed by atoms with Crippen LogP contribution in [0.3, 0.4) is 0 Å². The van der Waals surface area contributed by atoms with Crippen LogP contribution in [0.15, 0.2) is 28.7 Å². The summed E-state index contributed by atoms with van der Waals surface area (Å²) in [5, 5.41) is 42.1. The fourth-order valence-electron chi connectivity index (χ4n) is 3.12. The number of halogens is 3. The van der Waals surface area contributed by atoms with Gasteiger partial charge in [0.1, 0.15) is 41.0 Å². The summed E-state index contributed by atoms with van der Waals surface area (Å²) in [6, 6.07) is 2.37. The lowest BCUT2D eigenvalue weighted by Crippen LogP contribution is -2.65. The largest absolute Gasteiger partial charge is 0.394 e. The molecule has 5 atom stereocenters. The molecule has 1 fully saturated rings. The Morgan fingerprint density at radius 2 is 1.93 bits per heavy atom. The third kappa shape index (κ3) is 4.37. The zero-order valence-electron chi connectivity index (χ0n) is 14.9. The summed E-state index contributed by atoms with van der Waals surface area (Å²) in [6.07, 6.45) is -1.59. The van der Waals surface area contributed by atoms with E-state index >= 15 is 0 Å². The van der Waals surface area contributed by atoms with Gasteiger partial charge in [-0.25, -0.2) is 0 Å². The summed E-state index contributed by atoms with van der Waals surface area (Å²) in [4.78, 5) is 0.614. The average molecular weight is 513 g/mol. The molecule has 2 aromatic rings. The molecule has 1 saturated heterocycles. The fraction of sp³-hybridized carbons (Fsp3) is 0.375.